The Bertz CT molecular complexity index is 717. The summed E-state index contributed by atoms with van der Waals surface area (Å²) < 4.78 is 27.6. The van der Waals surface area contributed by atoms with Gasteiger partial charge in [-0.1, -0.05) is 39.1 Å². The lowest BCUT2D eigenvalue weighted by Crippen LogP contribution is -2.15. The van der Waals surface area contributed by atoms with Crippen molar-refractivity contribution in [2.45, 2.75) is 0 Å². The molecule has 0 fully saturated rings. The second-order valence-electron chi connectivity index (χ2n) is 4.06. The predicted octanol–water partition coefficient (Wildman–Crippen LogP) is 4.87. The standard InChI is InChI=1S/C13H7BrCl2F2N2O/c14-5-1-9(17)12(10(18)2-5)20-13(21)7-3-6(19)4-8(15)11(7)16/h1-4H,19H2,(H,20,21). The minimum Gasteiger partial charge on any atom is -0.399 e. The molecule has 0 aromatic heterocycles. The Labute approximate surface area is 137 Å². The highest BCUT2D eigenvalue weighted by Crippen LogP contribution is 2.30. The molecule has 0 saturated carbocycles. The maximum atomic E-state index is 13.7. The molecule has 0 saturated heterocycles. The molecule has 0 aliphatic rings. The van der Waals surface area contributed by atoms with Gasteiger partial charge in [-0.3, -0.25) is 4.79 Å². The number of nitrogen functional groups attached to an aromatic ring is 1. The lowest BCUT2D eigenvalue weighted by Gasteiger charge is -2.10. The van der Waals surface area contributed by atoms with Crippen LogP contribution in [-0.4, -0.2) is 5.91 Å². The molecule has 0 atom stereocenters. The van der Waals surface area contributed by atoms with Crippen molar-refractivity contribution in [1.82, 2.24) is 0 Å². The number of benzene rings is 2. The largest absolute Gasteiger partial charge is 0.399 e. The van der Waals surface area contributed by atoms with Gasteiger partial charge in [-0.2, -0.15) is 0 Å². The lowest BCUT2D eigenvalue weighted by atomic mass is 10.1. The van der Waals surface area contributed by atoms with Gasteiger partial charge in [0.1, 0.15) is 5.69 Å². The van der Waals surface area contributed by atoms with Gasteiger partial charge in [-0.25, -0.2) is 8.78 Å². The molecular weight excluding hydrogens is 389 g/mol. The van der Waals surface area contributed by atoms with Crippen LogP contribution in [0.2, 0.25) is 10.0 Å². The lowest BCUT2D eigenvalue weighted by molar-refractivity contribution is 0.102. The molecule has 0 radical (unpaired) electrons. The fraction of sp³-hybridized carbons (Fsp3) is 0. The van der Waals surface area contributed by atoms with Crippen molar-refractivity contribution in [3.8, 4) is 0 Å². The number of anilines is 2. The molecule has 2 rings (SSSR count). The highest BCUT2D eigenvalue weighted by molar-refractivity contribution is 9.10. The molecule has 2 aromatic carbocycles. The Morgan fingerprint density at radius 3 is 2.29 bits per heavy atom. The first kappa shape index (κ1) is 16.0. The van der Waals surface area contributed by atoms with E-state index in [2.05, 4.69) is 21.2 Å². The van der Waals surface area contributed by atoms with E-state index in [9.17, 15) is 13.6 Å². The minimum atomic E-state index is -0.929. The van der Waals surface area contributed by atoms with Crippen molar-refractivity contribution in [3.05, 3.63) is 56.0 Å². The molecular formula is C13H7BrCl2F2N2O. The molecule has 0 unspecified atom stereocenters. The van der Waals surface area contributed by atoms with Gasteiger partial charge in [0.25, 0.3) is 5.91 Å². The third kappa shape index (κ3) is 3.45. The summed E-state index contributed by atoms with van der Waals surface area (Å²) in [6, 6.07) is 4.67. The van der Waals surface area contributed by atoms with Crippen LogP contribution in [0.15, 0.2) is 28.7 Å². The first-order chi connectivity index (χ1) is 9.79. The Balaban J connectivity index is 2.40. The third-order valence-electron chi connectivity index (χ3n) is 2.54. The first-order valence-corrected chi connectivity index (χ1v) is 7.05. The molecule has 1 amide bonds. The molecule has 110 valence electrons. The minimum absolute atomic E-state index is 0.0544. The van der Waals surface area contributed by atoms with Crippen molar-refractivity contribution in [2.75, 3.05) is 11.1 Å². The number of rotatable bonds is 2. The molecule has 3 N–H and O–H groups in total. The molecule has 8 heteroatoms. The number of halogens is 5. The maximum absolute atomic E-state index is 13.7. The highest BCUT2D eigenvalue weighted by atomic mass is 79.9. The van der Waals surface area contributed by atoms with Crippen LogP contribution >= 0.6 is 39.1 Å². The molecule has 2 aromatic rings. The Kier molecular flexibility index (Phi) is 4.70. The zero-order chi connectivity index (χ0) is 15.7. The van der Waals surface area contributed by atoms with E-state index in [-0.39, 0.29) is 25.8 Å². The van der Waals surface area contributed by atoms with Gasteiger partial charge in [0.2, 0.25) is 0 Å². The van der Waals surface area contributed by atoms with Crippen molar-refractivity contribution in [3.63, 3.8) is 0 Å². The smallest absolute Gasteiger partial charge is 0.257 e. The summed E-state index contributed by atoms with van der Waals surface area (Å²) in [5.74, 6) is -2.68. The Morgan fingerprint density at radius 2 is 1.71 bits per heavy atom. The first-order valence-electron chi connectivity index (χ1n) is 5.50. The number of amides is 1. The van der Waals surface area contributed by atoms with E-state index in [1.54, 1.807) is 0 Å². The van der Waals surface area contributed by atoms with Crippen LogP contribution in [-0.2, 0) is 0 Å². The summed E-state index contributed by atoms with van der Waals surface area (Å²) in [4.78, 5) is 12.1. The van der Waals surface area contributed by atoms with Gasteiger partial charge in [0.15, 0.2) is 11.6 Å². The van der Waals surface area contributed by atoms with E-state index < -0.39 is 23.2 Å². The zero-order valence-electron chi connectivity index (χ0n) is 10.2. The fourth-order valence-corrected chi connectivity index (χ4v) is 2.44. The second-order valence-corrected chi connectivity index (χ2v) is 5.76. The van der Waals surface area contributed by atoms with Gasteiger partial charge in [0, 0.05) is 10.2 Å². The van der Waals surface area contributed by atoms with E-state index in [0.717, 1.165) is 12.1 Å². The number of nitrogens with two attached hydrogens (primary N) is 1. The predicted molar refractivity (Wildman–Crippen MR) is 82.9 cm³/mol. The third-order valence-corrected chi connectivity index (χ3v) is 3.80. The van der Waals surface area contributed by atoms with Crippen LogP contribution in [0.4, 0.5) is 20.2 Å². The SMILES string of the molecule is Nc1cc(Cl)c(Cl)c(C(=O)Nc2c(F)cc(Br)cc2F)c1. The topological polar surface area (TPSA) is 55.1 Å². The van der Waals surface area contributed by atoms with Crippen LogP contribution in [0, 0.1) is 11.6 Å². The van der Waals surface area contributed by atoms with E-state index in [0.29, 0.717) is 0 Å². The van der Waals surface area contributed by atoms with Crippen LogP contribution in [0.1, 0.15) is 10.4 Å². The van der Waals surface area contributed by atoms with E-state index in [1.807, 2.05) is 0 Å². The summed E-state index contributed by atoms with van der Waals surface area (Å²) in [5, 5.41) is 2.12. The summed E-state index contributed by atoms with van der Waals surface area (Å²) >= 11 is 14.6. The van der Waals surface area contributed by atoms with Crippen molar-refractivity contribution < 1.29 is 13.6 Å². The van der Waals surface area contributed by atoms with Gasteiger partial charge in [-0.05, 0) is 24.3 Å². The van der Waals surface area contributed by atoms with Crippen LogP contribution < -0.4 is 11.1 Å². The van der Waals surface area contributed by atoms with Crippen LogP contribution in [0.3, 0.4) is 0 Å². The molecule has 0 bridgehead atoms. The number of carbonyl (C=O) groups is 1. The van der Waals surface area contributed by atoms with Crippen molar-refractivity contribution >= 4 is 56.4 Å². The highest BCUT2D eigenvalue weighted by Gasteiger charge is 2.18. The van der Waals surface area contributed by atoms with Gasteiger partial charge in [0.05, 0.1) is 15.6 Å². The van der Waals surface area contributed by atoms with Gasteiger partial charge >= 0.3 is 0 Å². The maximum Gasteiger partial charge on any atom is 0.257 e. The summed E-state index contributed by atoms with van der Waals surface area (Å²) in [5.41, 5.74) is 5.10. The number of hydrogen-bond acceptors (Lipinski definition) is 2. The Morgan fingerprint density at radius 1 is 1.14 bits per heavy atom. The van der Waals surface area contributed by atoms with E-state index in [4.69, 9.17) is 28.9 Å². The molecule has 0 aliphatic heterocycles. The van der Waals surface area contributed by atoms with Crippen LogP contribution in [0.25, 0.3) is 0 Å². The van der Waals surface area contributed by atoms with Gasteiger partial charge < -0.3 is 11.1 Å². The average molecular weight is 396 g/mol. The summed E-state index contributed by atoms with van der Waals surface area (Å²) in [6.45, 7) is 0. The molecule has 21 heavy (non-hydrogen) atoms. The molecule has 0 aliphatic carbocycles. The van der Waals surface area contributed by atoms with E-state index >= 15 is 0 Å². The molecule has 3 nitrogen and oxygen atoms in total. The quantitative estimate of drug-likeness (QED) is 0.712. The number of carbonyl (C=O) groups excluding carboxylic acids is 1. The van der Waals surface area contributed by atoms with Gasteiger partial charge in [-0.15, -0.1) is 0 Å². The zero-order valence-corrected chi connectivity index (χ0v) is 13.3. The number of hydrogen-bond donors (Lipinski definition) is 2. The molecule has 0 heterocycles. The number of nitrogens with one attached hydrogen (secondary N) is 1. The summed E-state index contributed by atoms with van der Waals surface area (Å²) in [6.07, 6.45) is 0. The second kappa shape index (κ2) is 6.17. The monoisotopic (exact) mass is 394 g/mol. The summed E-state index contributed by atoms with van der Waals surface area (Å²) in [7, 11) is 0. The Hall–Kier alpha value is -1.37. The van der Waals surface area contributed by atoms with Crippen molar-refractivity contribution in [2.24, 2.45) is 0 Å². The molecule has 0 spiro atoms. The average Bonchev–Trinajstić information content (AvgIpc) is 2.37. The van der Waals surface area contributed by atoms with Crippen molar-refractivity contribution in [1.29, 1.82) is 0 Å². The van der Waals surface area contributed by atoms with E-state index in [1.165, 1.54) is 12.1 Å². The fourth-order valence-electron chi connectivity index (χ4n) is 1.62. The normalized spacial score (nSPS) is 10.5. The van der Waals surface area contributed by atoms with Crippen LogP contribution in [0.5, 0.6) is 0 Å².